The van der Waals surface area contributed by atoms with Crippen LogP contribution in [0.2, 0.25) is 0 Å². The molecule has 0 aromatic carbocycles. The Balaban J connectivity index is 2.36. The molecule has 0 radical (unpaired) electrons. The SMILES string of the molecule is CCCc1nn(C)c2c1[nH]c(=S)n2CCC(C)S(C)=O. The van der Waals surface area contributed by atoms with Gasteiger partial charge in [-0.1, -0.05) is 20.3 Å². The first-order chi connectivity index (χ1) is 9.45. The smallest absolute Gasteiger partial charge is 0.179 e. The van der Waals surface area contributed by atoms with Gasteiger partial charge in [-0.15, -0.1) is 0 Å². The van der Waals surface area contributed by atoms with Crippen molar-refractivity contribution >= 4 is 34.2 Å². The Hall–Kier alpha value is -0.950. The van der Waals surface area contributed by atoms with Gasteiger partial charge in [0.2, 0.25) is 0 Å². The van der Waals surface area contributed by atoms with Crippen LogP contribution in [0.1, 0.15) is 32.4 Å². The van der Waals surface area contributed by atoms with Crippen molar-refractivity contribution < 1.29 is 4.21 Å². The summed E-state index contributed by atoms with van der Waals surface area (Å²) in [6, 6.07) is 0. The van der Waals surface area contributed by atoms with Crippen molar-refractivity contribution in [3.8, 4) is 0 Å². The van der Waals surface area contributed by atoms with Crippen molar-refractivity contribution in [1.29, 1.82) is 0 Å². The summed E-state index contributed by atoms with van der Waals surface area (Å²) >= 11 is 5.42. The second kappa shape index (κ2) is 6.22. The molecule has 7 heteroatoms. The van der Waals surface area contributed by atoms with Crippen LogP contribution in [0.25, 0.3) is 11.2 Å². The maximum atomic E-state index is 11.5. The van der Waals surface area contributed by atoms with Gasteiger partial charge in [0.05, 0.1) is 5.69 Å². The third kappa shape index (κ3) is 2.88. The van der Waals surface area contributed by atoms with Gasteiger partial charge >= 0.3 is 0 Å². The van der Waals surface area contributed by atoms with E-state index in [1.165, 1.54) is 0 Å². The van der Waals surface area contributed by atoms with Gasteiger partial charge in [-0.05, 0) is 25.1 Å². The average molecular weight is 314 g/mol. The van der Waals surface area contributed by atoms with Crippen LogP contribution >= 0.6 is 12.2 Å². The zero-order valence-electron chi connectivity index (χ0n) is 12.5. The molecule has 2 heterocycles. The second-order valence-electron chi connectivity index (χ2n) is 5.20. The first-order valence-electron chi connectivity index (χ1n) is 6.92. The molecule has 2 unspecified atom stereocenters. The van der Waals surface area contributed by atoms with E-state index in [9.17, 15) is 4.21 Å². The van der Waals surface area contributed by atoms with Gasteiger partial charge in [-0.25, -0.2) is 0 Å². The van der Waals surface area contributed by atoms with Gasteiger partial charge in [0.1, 0.15) is 5.52 Å². The minimum absolute atomic E-state index is 0.171. The summed E-state index contributed by atoms with van der Waals surface area (Å²) in [5.74, 6) is 0. The monoisotopic (exact) mass is 314 g/mol. The van der Waals surface area contributed by atoms with Crippen molar-refractivity contribution in [2.75, 3.05) is 6.26 Å². The van der Waals surface area contributed by atoms with Gasteiger partial charge in [-0.2, -0.15) is 5.10 Å². The molecular formula is C13H22N4OS2. The fourth-order valence-electron chi connectivity index (χ4n) is 2.37. The van der Waals surface area contributed by atoms with Crippen LogP contribution in [-0.2, 0) is 30.8 Å². The predicted octanol–water partition coefficient (Wildman–Crippen LogP) is 2.54. The third-order valence-corrected chi connectivity index (χ3v) is 5.33. The average Bonchev–Trinajstić information content (AvgIpc) is 2.85. The molecular weight excluding hydrogens is 292 g/mol. The lowest BCUT2D eigenvalue weighted by Gasteiger charge is -2.09. The van der Waals surface area contributed by atoms with E-state index in [1.807, 2.05) is 18.7 Å². The Kier molecular flexibility index (Phi) is 4.80. The van der Waals surface area contributed by atoms with E-state index in [0.29, 0.717) is 0 Å². The number of hydrogen-bond acceptors (Lipinski definition) is 3. The van der Waals surface area contributed by atoms with Crippen LogP contribution in [0.4, 0.5) is 0 Å². The third-order valence-electron chi connectivity index (χ3n) is 3.63. The molecule has 0 spiro atoms. The van der Waals surface area contributed by atoms with Gasteiger partial charge in [0.25, 0.3) is 0 Å². The molecule has 0 fully saturated rings. The molecule has 0 saturated carbocycles. The van der Waals surface area contributed by atoms with Crippen molar-refractivity contribution in [3.05, 3.63) is 10.5 Å². The Morgan fingerprint density at radius 3 is 2.80 bits per heavy atom. The van der Waals surface area contributed by atoms with Crippen molar-refractivity contribution in [2.45, 2.75) is 44.9 Å². The minimum Gasteiger partial charge on any atom is -0.328 e. The molecule has 1 N–H and O–H groups in total. The number of nitrogens with zero attached hydrogens (tertiary/aromatic N) is 3. The summed E-state index contributed by atoms with van der Waals surface area (Å²) in [5.41, 5.74) is 3.15. The van der Waals surface area contributed by atoms with Gasteiger partial charge in [-0.3, -0.25) is 8.89 Å². The summed E-state index contributed by atoms with van der Waals surface area (Å²) in [7, 11) is 1.15. The molecule has 5 nitrogen and oxygen atoms in total. The molecule has 20 heavy (non-hydrogen) atoms. The first kappa shape index (κ1) is 15.4. The fraction of sp³-hybridized carbons (Fsp3) is 0.692. The van der Waals surface area contributed by atoms with E-state index in [1.54, 1.807) is 6.26 Å². The Bertz CT molecular complexity index is 682. The van der Waals surface area contributed by atoms with Crippen LogP contribution in [0.15, 0.2) is 0 Å². The van der Waals surface area contributed by atoms with Crippen LogP contribution in [0, 0.1) is 4.77 Å². The minimum atomic E-state index is -0.795. The van der Waals surface area contributed by atoms with Crippen molar-refractivity contribution in [1.82, 2.24) is 19.3 Å². The normalized spacial score (nSPS) is 14.8. The lowest BCUT2D eigenvalue weighted by molar-refractivity contribution is 0.609. The van der Waals surface area contributed by atoms with Gasteiger partial charge in [0.15, 0.2) is 10.4 Å². The largest absolute Gasteiger partial charge is 0.328 e. The summed E-state index contributed by atoms with van der Waals surface area (Å²) in [6.45, 7) is 4.92. The zero-order chi connectivity index (χ0) is 14.9. The first-order valence-corrected chi connectivity index (χ1v) is 8.95. The van der Waals surface area contributed by atoms with Gasteiger partial charge < -0.3 is 9.55 Å². The van der Waals surface area contributed by atoms with E-state index < -0.39 is 10.8 Å². The number of H-pyrrole nitrogens is 1. The second-order valence-corrected chi connectivity index (χ2v) is 7.39. The molecule has 0 saturated heterocycles. The van der Waals surface area contributed by atoms with E-state index >= 15 is 0 Å². The summed E-state index contributed by atoms with van der Waals surface area (Å²) < 4.78 is 16.1. The zero-order valence-corrected chi connectivity index (χ0v) is 14.1. The summed E-state index contributed by atoms with van der Waals surface area (Å²) in [5, 5.41) is 4.73. The topological polar surface area (TPSA) is 55.6 Å². The molecule has 0 aliphatic carbocycles. The molecule has 0 bridgehead atoms. The Labute approximate surface area is 126 Å². The number of hydrogen-bond donors (Lipinski definition) is 1. The van der Waals surface area contributed by atoms with E-state index in [2.05, 4.69) is 21.6 Å². The Morgan fingerprint density at radius 1 is 1.50 bits per heavy atom. The van der Waals surface area contributed by atoms with Crippen LogP contribution in [0.3, 0.4) is 0 Å². The van der Waals surface area contributed by atoms with Gasteiger partial charge in [0, 0.05) is 35.9 Å². The van der Waals surface area contributed by atoms with E-state index in [0.717, 1.165) is 47.4 Å². The Morgan fingerprint density at radius 2 is 2.20 bits per heavy atom. The molecule has 0 amide bonds. The lowest BCUT2D eigenvalue weighted by Crippen LogP contribution is -2.13. The van der Waals surface area contributed by atoms with Crippen LogP contribution in [0.5, 0.6) is 0 Å². The summed E-state index contributed by atoms with van der Waals surface area (Å²) in [6.07, 6.45) is 4.60. The molecule has 2 rings (SSSR count). The molecule has 0 aliphatic rings. The highest BCUT2D eigenvalue weighted by Crippen LogP contribution is 2.19. The fourth-order valence-corrected chi connectivity index (χ4v) is 3.09. The maximum Gasteiger partial charge on any atom is 0.179 e. The van der Waals surface area contributed by atoms with Crippen molar-refractivity contribution in [2.24, 2.45) is 7.05 Å². The number of nitrogens with one attached hydrogen (secondary N) is 1. The number of aromatic amines is 1. The number of aromatic nitrogens is 4. The number of rotatable bonds is 6. The highest BCUT2D eigenvalue weighted by atomic mass is 32.2. The van der Waals surface area contributed by atoms with E-state index in [4.69, 9.17) is 12.2 Å². The number of imidazole rings is 1. The van der Waals surface area contributed by atoms with E-state index in [-0.39, 0.29) is 5.25 Å². The lowest BCUT2D eigenvalue weighted by atomic mass is 10.2. The standard InChI is InChI=1S/C13H22N4OS2/c1-5-6-10-11-12(16(3)15-10)17(13(19)14-11)8-7-9(2)20(4)18/h9H,5-8H2,1-4H3,(H,14,19). The van der Waals surface area contributed by atoms with Crippen LogP contribution < -0.4 is 0 Å². The summed E-state index contributed by atoms with van der Waals surface area (Å²) in [4.78, 5) is 3.27. The molecule has 2 aromatic rings. The molecule has 2 aromatic heterocycles. The highest BCUT2D eigenvalue weighted by molar-refractivity contribution is 7.84. The maximum absolute atomic E-state index is 11.5. The highest BCUT2D eigenvalue weighted by Gasteiger charge is 2.15. The van der Waals surface area contributed by atoms with Crippen LogP contribution in [-0.4, -0.2) is 35.0 Å². The predicted molar refractivity (Wildman–Crippen MR) is 86.0 cm³/mol. The quantitative estimate of drug-likeness (QED) is 0.834. The molecule has 2 atom stereocenters. The number of aryl methyl sites for hydroxylation is 3. The molecule has 112 valence electrons. The molecule has 0 aliphatic heterocycles. The van der Waals surface area contributed by atoms with Crippen molar-refractivity contribution in [3.63, 3.8) is 0 Å². The number of fused-ring (bicyclic) bond motifs is 1.